The summed E-state index contributed by atoms with van der Waals surface area (Å²) in [7, 11) is 0. The Balaban J connectivity index is 3.13. The Morgan fingerprint density at radius 1 is 0.457 bits per heavy atom. The van der Waals surface area contributed by atoms with Crippen LogP contribution in [0.4, 0.5) is 0 Å². The number of carbonyl (C=O) groups is 1. The molecular weight excluding hydrogens is 428 g/mol. The van der Waals surface area contributed by atoms with Crippen LogP contribution in [0.25, 0.3) is 0 Å². The van der Waals surface area contributed by atoms with Crippen LogP contribution in [0.3, 0.4) is 0 Å². The summed E-state index contributed by atoms with van der Waals surface area (Å²) in [5.74, 6) is 0.297. The first-order chi connectivity index (χ1) is 17.2. The molecule has 0 saturated carbocycles. The molecule has 0 aromatic heterocycles. The van der Waals surface area contributed by atoms with Crippen LogP contribution >= 0.6 is 0 Å². The average Bonchev–Trinajstić information content (AvgIpc) is 2.84. The van der Waals surface area contributed by atoms with E-state index < -0.39 is 5.97 Å². The largest absolute Gasteiger partial charge is 0.481 e. The summed E-state index contributed by atoms with van der Waals surface area (Å²) in [6, 6.07) is 0. The van der Waals surface area contributed by atoms with Crippen molar-refractivity contribution in [3.05, 3.63) is 0 Å². The minimum absolute atomic E-state index is 0.346. The van der Waals surface area contributed by atoms with E-state index in [4.69, 9.17) is 5.11 Å². The lowest BCUT2D eigenvalue weighted by Gasteiger charge is -2.11. The number of carboxylic acids is 1. The molecule has 2 nitrogen and oxygen atoms in total. The zero-order chi connectivity index (χ0) is 25.7. The van der Waals surface area contributed by atoms with E-state index in [0.29, 0.717) is 6.42 Å². The van der Waals surface area contributed by atoms with E-state index in [1.54, 1.807) is 0 Å². The number of hydrogen-bond donors (Lipinski definition) is 1. The lowest BCUT2D eigenvalue weighted by atomic mass is 9.95. The Morgan fingerprint density at radius 2 is 0.714 bits per heavy atom. The van der Waals surface area contributed by atoms with E-state index in [1.165, 1.54) is 167 Å². The molecule has 0 spiro atoms. The monoisotopic (exact) mass is 495 g/mol. The van der Waals surface area contributed by atoms with E-state index in [2.05, 4.69) is 13.8 Å². The molecule has 1 atom stereocenters. The van der Waals surface area contributed by atoms with E-state index in [1.807, 2.05) is 0 Å². The van der Waals surface area contributed by atoms with Crippen LogP contribution in [-0.4, -0.2) is 11.1 Å². The summed E-state index contributed by atoms with van der Waals surface area (Å²) < 4.78 is 0. The molecule has 0 heterocycles. The molecular formula is C33H66O2. The van der Waals surface area contributed by atoms with Gasteiger partial charge in [-0.3, -0.25) is 4.79 Å². The van der Waals surface area contributed by atoms with Crippen LogP contribution in [0, 0.1) is 5.92 Å². The van der Waals surface area contributed by atoms with Crippen molar-refractivity contribution in [3.8, 4) is 0 Å². The zero-order valence-electron chi connectivity index (χ0n) is 24.4. The molecule has 0 rings (SSSR count). The van der Waals surface area contributed by atoms with Crippen molar-refractivity contribution in [2.24, 2.45) is 5.92 Å². The molecule has 0 aliphatic rings. The van der Waals surface area contributed by atoms with Crippen LogP contribution in [-0.2, 0) is 4.79 Å². The van der Waals surface area contributed by atoms with Gasteiger partial charge in [0.05, 0.1) is 0 Å². The predicted molar refractivity (Wildman–Crippen MR) is 156 cm³/mol. The number of aliphatic carboxylic acids is 1. The second-order valence-corrected chi connectivity index (χ2v) is 11.7. The van der Waals surface area contributed by atoms with Gasteiger partial charge in [0, 0.05) is 6.42 Å². The first-order valence-electron chi connectivity index (χ1n) is 16.4. The van der Waals surface area contributed by atoms with E-state index in [9.17, 15) is 4.79 Å². The molecule has 2 heteroatoms. The number of rotatable bonds is 30. The molecule has 0 fully saturated rings. The molecule has 0 saturated heterocycles. The van der Waals surface area contributed by atoms with Gasteiger partial charge in [-0.25, -0.2) is 0 Å². The molecule has 0 amide bonds. The normalized spacial score (nSPS) is 12.3. The van der Waals surface area contributed by atoms with Crippen molar-refractivity contribution >= 4 is 5.97 Å². The Labute approximate surface area is 221 Å². The van der Waals surface area contributed by atoms with Gasteiger partial charge in [-0.2, -0.15) is 0 Å². The lowest BCUT2D eigenvalue weighted by Crippen LogP contribution is -1.95. The van der Waals surface area contributed by atoms with Gasteiger partial charge in [0.1, 0.15) is 0 Å². The third-order valence-electron chi connectivity index (χ3n) is 7.89. The summed E-state index contributed by atoms with van der Waals surface area (Å²) in [6.45, 7) is 4.78. The maximum absolute atomic E-state index is 10.5. The van der Waals surface area contributed by atoms with E-state index in [-0.39, 0.29) is 0 Å². The van der Waals surface area contributed by atoms with Crippen molar-refractivity contribution in [1.29, 1.82) is 0 Å². The smallest absolute Gasteiger partial charge is 0.303 e. The van der Waals surface area contributed by atoms with Crippen molar-refractivity contribution in [1.82, 2.24) is 0 Å². The van der Waals surface area contributed by atoms with Gasteiger partial charge in [0.2, 0.25) is 0 Å². The Morgan fingerprint density at radius 3 is 1.00 bits per heavy atom. The fourth-order valence-corrected chi connectivity index (χ4v) is 5.37. The maximum Gasteiger partial charge on any atom is 0.303 e. The van der Waals surface area contributed by atoms with Crippen molar-refractivity contribution in [2.45, 2.75) is 200 Å². The third-order valence-corrected chi connectivity index (χ3v) is 7.89. The second-order valence-electron chi connectivity index (χ2n) is 11.7. The maximum atomic E-state index is 10.5. The minimum atomic E-state index is -0.648. The second kappa shape index (κ2) is 29.7. The molecule has 0 aliphatic carbocycles. The molecule has 0 radical (unpaired) electrons. The fraction of sp³-hybridized carbons (Fsp3) is 0.970. The van der Waals surface area contributed by atoms with Gasteiger partial charge in [-0.05, 0) is 12.3 Å². The van der Waals surface area contributed by atoms with E-state index >= 15 is 0 Å². The van der Waals surface area contributed by atoms with Gasteiger partial charge in [0.25, 0.3) is 0 Å². The molecule has 210 valence electrons. The van der Waals surface area contributed by atoms with Crippen LogP contribution in [0.5, 0.6) is 0 Å². The Kier molecular flexibility index (Phi) is 29.2. The summed E-state index contributed by atoms with van der Waals surface area (Å²) >= 11 is 0. The van der Waals surface area contributed by atoms with Gasteiger partial charge in [-0.1, -0.05) is 187 Å². The zero-order valence-corrected chi connectivity index (χ0v) is 24.4. The molecule has 0 bridgehead atoms. The first kappa shape index (κ1) is 34.5. The van der Waals surface area contributed by atoms with Crippen molar-refractivity contribution < 1.29 is 9.90 Å². The van der Waals surface area contributed by atoms with Gasteiger partial charge < -0.3 is 5.11 Å². The molecule has 0 aromatic carbocycles. The highest BCUT2D eigenvalue weighted by molar-refractivity contribution is 5.66. The molecule has 1 N–H and O–H groups in total. The summed E-state index contributed by atoms with van der Waals surface area (Å²) in [4.78, 5) is 10.5. The number of carboxylic acid groups (broad SMARTS) is 1. The van der Waals surface area contributed by atoms with Crippen LogP contribution in [0.1, 0.15) is 200 Å². The van der Waals surface area contributed by atoms with Gasteiger partial charge >= 0.3 is 5.97 Å². The fourth-order valence-electron chi connectivity index (χ4n) is 5.37. The third kappa shape index (κ3) is 31.4. The number of unbranched alkanes of at least 4 members (excludes halogenated alkanes) is 24. The van der Waals surface area contributed by atoms with Gasteiger partial charge in [0.15, 0.2) is 0 Å². The Bertz CT molecular complexity index is 406. The summed E-state index contributed by atoms with van der Waals surface area (Å²) in [6.07, 6.45) is 39.3. The SMILES string of the molecule is CCCCCCCCCCCCC(C)CCCCCCCCCCCCCCCCCCC(=O)O. The van der Waals surface area contributed by atoms with Gasteiger partial charge in [-0.15, -0.1) is 0 Å². The lowest BCUT2D eigenvalue weighted by molar-refractivity contribution is -0.137. The molecule has 1 unspecified atom stereocenters. The quantitative estimate of drug-likeness (QED) is 0.101. The minimum Gasteiger partial charge on any atom is -0.481 e. The first-order valence-corrected chi connectivity index (χ1v) is 16.4. The highest BCUT2D eigenvalue weighted by Gasteiger charge is 2.02. The predicted octanol–water partition coefficient (Wildman–Crippen LogP) is 12.0. The standard InChI is InChI=1S/C33H66O2/c1-3-4-5-6-7-8-17-20-23-26-29-32(2)30-27-24-21-18-15-13-11-9-10-12-14-16-19-22-25-28-31-33(34)35/h32H,3-31H2,1-2H3,(H,34,35). The topological polar surface area (TPSA) is 37.3 Å². The molecule has 35 heavy (non-hydrogen) atoms. The highest BCUT2D eigenvalue weighted by atomic mass is 16.4. The van der Waals surface area contributed by atoms with Crippen LogP contribution < -0.4 is 0 Å². The van der Waals surface area contributed by atoms with Crippen LogP contribution in [0.2, 0.25) is 0 Å². The average molecular weight is 495 g/mol. The summed E-state index contributed by atoms with van der Waals surface area (Å²) in [5.41, 5.74) is 0. The van der Waals surface area contributed by atoms with Crippen molar-refractivity contribution in [3.63, 3.8) is 0 Å². The van der Waals surface area contributed by atoms with Crippen LogP contribution in [0.15, 0.2) is 0 Å². The summed E-state index contributed by atoms with van der Waals surface area (Å²) in [5, 5.41) is 8.62. The van der Waals surface area contributed by atoms with E-state index in [0.717, 1.165) is 18.8 Å². The molecule has 0 aromatic rings. The number of hydrogen-bond acceptors (Lipinski definition) is 1. The highest BCUT2D eigenvalue weighted by Crippen LogP contribution is 2.19. The van der Waals surface area contributed by atoms with Crippen molar-refractivity contribution in [2.75, 3.05) is 0 Å². The Hall–Kier alpha value is -0.530. The molecule has 0 aliphatic heterocycles.